The van der Waals surface area contributed by atoms with Crippen LogP contribution in [0.25, 0.3) is 0 Å². The quantitative estimate of drug-likeness (QED) is 0.834. The summed E-state index contributed by atoms with van der Waals surface area (Å²) in [7, 11) is 1.97. The zero-order chi connectivity index (χ0) is 13.1. The van der Waals surface area contributed by atoms with Gasteiger partial charge in [-0.2, -0.15) is 0 Å². The van der Waals surface area contributed by atoms with E-state index in [9.17, 15) is 4.39 Å². The predicted molar refractivity (Wildman–Crippen MR) is 74.4 cm³/mol. The minimum Gasteiger partial charge on any atom is -0.372 e. The Labute approximate surface area is 109 Å². The molecule has 18 heavy (non-hydrogen) atoms. The second-order valence-corrected chi connectivity index (χ2v) is 5.68. The van der Waals surface area contributed by atoms with Crippen LogP contribution < -0.4 is 10.2 Å². The molecule has 1 N–H and O–H groups in total. The molecule has 1 aliphatic carbocycles. The molecule has 1 aromatic carbocycles. The standard InChI is InChI=1S/C15H23FN2/c1-11(2)10-18(3)15-12(5-4-6-14(15)16)9-17-13-7-8-13/h4-6,11,13,17H,7-10H2,1-3H3. The number of anilines is 1. The van der Waals surface area contributed by atoms with Crippen molar-refractivity contribution in [1.29, 1.82) is 0 Å². The van der Waals surface area contributed by atoms with Gasteiger partial charge in [0.05, 0.1) is 5.69 Å². The van der Waals surface area contributed by atoms with Crippen molar-refractivity contribution in [2.24, 2.45) is 5.92 Å². The molecule has 0 aromatic heterocycles. The molecule has 0 bridgehead atoms. The van der Waals surface area contributed by atoms with E-state index < -0.39 is 0 Å². The molecule has 100 valence electrons. The molecule has 0 radical (unpaired) electrons. The van der Waals surface area contributed by atoms with Crippen molar-refractivity contribution in [3.63, 3.8) is 0 Å². The van der Waals surface area contributed by atoms with Gasteiger partial charge in [0.1, 0.15) is 5.82 Å². The van der Waals surface area contributed by atoms with Gasteiger partial charge in [-0.1, -0.05) is 26.0 Å². The summed E-state index contributed by atoms with van der Waals surface area (Å²) < 4.78 is 14.0. The SMILES string of the molecule is CC(C)CN(C)c1c(F)cccc1CNC1CC1. The Morgan fingerprint density at radius 1 is 1.39 bits per heavy atom. The van der Waals surface area contributed by atoms with Gasteiger partial charge in [0.2, 0.25) is 0 Å². The molecule has 1 aromatic rings. The number of para-hydroxylation sites is 1. The molecule has 0 heterocycles. The lowest BCUT2D eigenvalue weighted by Gasteiger charge is -2.25. The van der Waals surface area contributed by atoms with Crippen molar-refractivity contribution < 1.29 is 4.39 Å². The summed E-state index contributed by atoms with van der Waals surface area (Å²) in [6.45, 7) is 5.94. The smallest absolute Gasteiger partial charge is 0.146 e. The first-order valence-electron chi connectivity index (χ1n) is 6.80. The molecule has 1 aliphatic rings. The lowest BCUT2D eigenvalue weighted by Crippen LogP contribution is -2.26. The summed E-state index contributed by atoms with van der Waals surface area (Å²) in [5, 5.41) is 3.46. The average Bonchev–Trinajstić information content (AvgIpc) is 3.08. The number of halogens is 1. The van der Waals surface area contributed by atoms with Crippen molar-refractivity contribution in [2.75, 3.05) is 18.5 Å². The zero-order valence-electron chi connectivity index (χ0n) is 11.5. The van der Waals surface area contributed by atoms with Gasteiger partial charge in [0, 0.05) is 26.2 Å². The molecule has 2 nitrogen and oxygen atoms in total. The molecule has 2 rings (SSSR count). The van der Waals surface area contributed by atoms with E-state index in [-0.39, 0.29) is 5.82 Å². The molecule has 0 saturated heterocycles. The average molecular weight is 250 g/mol. The van der Waals surface area contributed by atoms with E-state index in [0.717, 1.165) is 24.3 Å². The van der Waals surface area contributed by atoms with Crippen molar-refractivity contribution in [2.45, 2.75) is 39.3 Å². The van der Waals surface area contributed by atoms with Gasteiger partial charge >= 0.3 is 0 Å². The topological polar surface area (TPSA) is 15.3 Å². The third kappa shape index (κ3) is 3.45. The molecule has 1 fully saturated rings. The maximum Gasteiger partial charge on any atom is 0.146 e. The van der Waals surface area contributed by atoms with Gasteiger partial charge in [0.15, 0.2) is 0 Å². The van der Waals surface area contributed by atoms with Gasteiger partial charge in [-0.05, 0) is 30.4 Å². The Bertz CT molecular complexity index is 399. The van der Waals surface area contributed by atoms with Crippen LogP contribution >= 0.6 is 0 Å². The summed E-state index contributed by atoms with van der Waals surface area (Å²) >= 11 is 0. The first kappa shape index (κ1) is 13.3. The Hall–Kier alpha value is -1.09. The predicted octanol–water partition coefficient (Wildman–Crippen LogP) is 3.17. The molecular weight excluding hydrogens is 227 g/mol. The van der Waals surface area contributed by atoms with Crippen molar-refractivity contribution in [3.8, 4) is 0 Å². The third-order valence-corrected chi connectivity index (χ3v) is 3.25. The minimum absolute atomic E-state index is 0.117. The number of benzene rings is 1. The van der Waals surface area contributed by atoms with E-state index in [4.69, 9.17) is 0 Å². The first-order chi connectivity index (χ1) is 8.58. The van der Waals surface area contributed by atoms with Gasteiger partial charge in [-0.25, -0.2) is 4.39 Å². The first-order valence-corrected chi connectivity index (χ1v) is 6.80. The molecule has 0 amide bonds. The van der Waals surface area contributed by atoms with Gasteiger partial charge < -0.3 is 10.2 Å². The minimum atomic E-state index is -0.117. The lowest BCUT2D eigenvalue weighted by molar-refractivity contribution is 0.592. The van der Waals surface area contributed by atoms with Crippen molar-refractivity contribution in [1.82, 2.24) is 5.32 Å². The van der Waals surface area contributed by atoms with Crippen LogP contribution in [0, 0.1) is 11.7 Å². The van der Waals surface area contributed by atoms with Crippen molar-refractivity contribution in [3.05, 3.63) is 29.6 Å². The molecule has 0 unspecified atom stereocenters. The largest absolute Gasteiger partial charge is 0.372 e. The molecule has 0 aliphatic heterocycles. The van der Waals surface area contributed by atoms with Crippen LogP contribution in [-0.4, -0.2) is 19.6 Å². The van der Waals surface area contributed by atoms with Crippen molar-refractivity contribution >= 4 is 5.69 Å². The van der Waals surface area contributed by atoms with Crippen LogP contribution in [0.3, 0.4) is 0 Å². The summed E-state index contributed by atoms with van der Waals surface area (Å²) in [6.07, 6.45) is 2.51. The number of nitrogens with zero attached hydrogens (tertiary/aromatic N) is 1. The monoisotopic (exact) mass is 250 g/mol. The second-order valence-electron chi connectivity index (χ2n) is 5.68. The van der Waals surface area contributed by atoms with Crippen LogP contribution in [0.2, 0.25) is 0 Å². The van der Waals surface area contributed by atoms with Crippen LogP contribution in [0.15, 0.2) is 18.2 Å². The number of nitrogens with one attached hydrogen (secondary N) is 1. The number of hydrogen-bond acceptors (Lipinski definition) is 2. The van der Waals surface area contributed by atoms with E-state index in [1.54, 1.807) is 12.1 Å². The van der Waals surface area contributed by atoms with Gasteiger partial charge in [0.25, 0.3) is 0 Å². The normalized spacial score (nSPS) is 15.2. The van der Waals surface area contributed by atoms with E-state index in [1.807, 2.05) is 18.0 Å². The fraction of sp³-hybridized carbons (Fsp3) is 0.600. The Morgan fingerprint density at radius 2 is 2.11 bits per heavy atom. The Kier molecular flexibility index (Phi) is 4.23. The highest BCUT2D eigenvalue weighted by molar-refractivity contribution is 5.54. The van der Waals surface area contributed by atoms with E-state index in [1.165, 1.54) is 12.8 Å². The lowest BCUT2D eigenvalue weighted by atomic mass is 10.1. The van der Waals surface area contributed by atoms with Crippen LogP contribution in [0.4, 0.5) is 10.1 Å². The maximum atomic E-state index is 14.0. The van der Waals surface area contributed by atoms with Gasteiger partial charge in [-0.15, -0.1) is 0 Å². The van der Waals surface area contributed by atoms with Gasteiger partial charge in [-0.3, -0.25) is 0 Å². The van der Waals surface area contributed by atoms with Crippen LogP contribution in [-0.2, 0) is 6.54 Å². The third-order valence-electron chi connectivity index (χ3n) is 3.25. The van der Waals surface area contributed by atoms with E-state index >= 15 is 0 Å². The number of hydrogen-bond donors (Lipinski definition) is 1. The summed E-state index contributed by atoms with van der Waals surface area (Å²) in [6, 6.07) is 6.01. The highest BCUT2D eigenvalue weighted by atomic mass is 19.1. The highest BCUT2D eigenvalue weighted by Crippen LogP contribution is 2.26. The fourth-order valence-electron chi connectivity index (χ4n) is 2.31. The molecular formula is C15H23FN2. The zero-order valence-corrected chi connectivity index (χ0v) is 11.5. The fourth-order valence-corrected chi connectivity index (χ4v) is 2.31. The maximum absolute atomic E-state index is 14.0. The summed E-state index contributed by atoms with van der Waals surface area (Å²) in [4.78, 5) is 2.03. The number of rotatable bonds is 6. The molecule has 3 heteroatoms. The molecule has 0 spiro atoms. The summed E-state index contributed by atoms with van der Waals surface area (Å²) in [5.41, 5.74) is 1.81. The second kappa shape index (κ2) is 5.70. The van der Waals surface area contributed by atoms with Crippen LogP contribution in [0.1, 0.15) is 32.3 Å². The Balaban J connectivity index is 2.13. The van der Waals surface area contributed by atoms with Crippen LogP contribution in [0.5, 0.6) is 0 Å². The highest BCUT2D eigenvalue weighted by Gasteiger charge is 2.21. The summed E-state index contributed by atoms with van der Waals surface area (Å²) in [5.74, 6) is 0.409. The molecule has 1 saturated carbocycles. The Morgan fingerprint density at radius 3 is 2.72 bits per heavy atom. The van der Waals surface area contributed by atoms with E-state index in [2.05, 4.69) is 19.2 Å². The van der Waals surface area contributed by atoms with E-state index in [0.29, 0.717) is 12.0 Å². The molecule has 0 atom stereocenters.